The molecule has 5 nitrogen and oxygen atoms in total. The second-order valence-corrected chi connectivity index (χ2v) is 7.14. The van der Waals surface area contributed by atoms with Gasteiger partial charge in [0.1, 0.15) is 11.9 Å². The molecular weight excluding hydrogens is 254 g/mol. The maximum Gasteiger partial charge on any atom is 0.310 e. The number of anilines is 1. The highest BCUT2D eigenvalue weighted by molar-refractivity contribution is 5.60. The summed E-state index contributed by atoms with van der Waals surface area (Å²) in [5, 5.41) is 14.6. The van der Waals surface area contributed by atoms with Crippen molar-refractivity contribution in [3.05, 3.63) is 28.6 Å². The van der Waals surface area contributed by atoms with Crippen LogP contribution in [0.1, 0.15) is 40.0 Å². The third-order valence-electron chi connectivity index (χ3n) is 5.57. The van der Waals surface area contributed by atoms with E-state index in [-0.39, 0.29) is 27.5 Å². The van der Waals surface area contributed by atoms with Gasteiger partial charge in [-0.05, 0) is 42.1 Å². The molecule has 2 aliphatic carbocycles. The molecule has 5 heteroatoms. The van der Waals surface area contributed by atoms with E-state index < -0.39 is 0 Å². The second kappa shape index (κ2) is 4.17. The fourth-order valence-corrected chi connectivity index (χ4v) is 4.47. The molecule has 20 heavy (non-hydrogen) atoms. The predicted octanol–water partition coefficient (Wildman–Crippen LogP) is 3.62. The van der Waals surface area contributed by atoms with Gasteiger partial charge in [0.05, 0.1) is 4.92 Å². The Hall–Kier alpha value is -1.65. The first-order valence-electron chi connectivity index (χ1n) is 7.19. The molecule has 3 rings (SSSR count). The third-order valence-corrected chi connectivity index (χ3v) is 5.57. The molecule has 0 aliphatic heterocycles. The largest absolute Gasteiger partial charge is 0.376 e. The van der Waals surface area contributed by atoms with E-state index >= 15 is 0 Å². The number of fused-ring (bicyclic) bond motifs is 2. The molecule has 0 aromatic carbocycles. The average Bonchev–Trinajstić information content (AvgIpc) is 2.86. The lowest BCUT2D eigenvalue weighted by molar-refractivity contribution is -0.384. The maximum absolute atomic E-state index is 11.1. The fraction of sp³-hybridized carbons (Fsp3) is 0.667. The predicted molar refractivity (Wildman–Crippen MR) is 77.5 cm³/mol. The molecule has 1 N–H and O–H groups in total. The molecule has 0 amide bonds. The van der Waals surface area contributed by atoms with Crippen LogP contribution in [0.3, 0.4) is 0 Å². The first kappa shape index (κ1) is 13.3. The summed E-state index contributed by atoms with van der Waals surface area (Å²) in [4.78, 5) is 14.6. The number of aromatic nitrogens is 1. The molecule has 0 spiro atoms. The van der Waals surface area contributed by atoms with Gasteiger partial charge >= 0.3 is 5.69 Å². The van der Waals surface area contributed by atoms with E-state index in [1.54, 1.807) is 12.3 Å². The number of rotatable bonds is 3. The first-order valence-corrected chi connectivity index (χ1v) is 7.19. The number of pyridine rings is 1. The van der Waals surface area contributed by atoms with Gasteiger partial charge in [-0.2, -0.15) is 0 Å². The van der Waals surface area contributed by atoms with Crippen molar-refractivity contribution in [2.75, 3.05) is 5.32 Å². The Kier molecular flexibility index (Phi) is 2.78. The summed E-state index contributed by atoms with van der Waals surface area (Å²) in [5.41, 5.74) is 1.07. The molecule has 3 atom stereocenters. The van der Waals surface area contributed by atoms with Gasteiger partial charge in [0, 0.05) is 12.2 Å². The average molecular weight is 275 g/mol. The standard InChI is InChI=1S/C15H21N3O2/c1-14(2)10-4-6-15(3,8-10)13(14)17-11-5-7-16-9-12(11)18(19)20/h5,7,9-10,13H,4,6,8H2,1-3H3,(H,16,17). The summed E-state index contributed by atoms with van der Waals surface area (Å²) in [6.45, 7) is 6.88. The van der Waals surface area contributed by atoms with Crippen LogP contribution in [0.5, 0.6) is 0 Å². The highest BCUT2D eigenvalue weighted by Gasteiger charge is 2.59. The van der Waals surface area contributed by atoms with Crippen LogP contribution >= 0.6 is 0 Å². The number of hydrogen-bond acceptors (Lipinski definition) is 4. The highest BCUT2D eigenvalue weighted by Crippen LogP contribution is 2.63. The van der Waals surface area contributed by atoms with E-state index in [9.17, 15) is 10.1 Å². The molecule has 2 fully saturated rings. The zero-order valence-corrected chi connectivity index (χ0v) is 12.2. The first-order chi connectivity index (χ1) is 9.34. The van der Waals surface area contributed by atoms with E-state index in [4.69, 9.17) is 0 Å². The van der Waals surface area contributed by atoms with E-state index in [1.807, 2.05) is 0 Å². The number of hydrogen-bond donors (Lipinski definition) is 1. The van der Waals surface area contributed by atoms with E-state index in [2.05, 4.69) is 31.1 Å². The van der Waals surface area contributed by atoms with Gasteiger partial charge in [0.25, 0.3) is 0 Å². The van der Waals surface area contributed by atoms with Crippen LogP contribution in [0, 0.1) is 26.9 Å². The number of nitro groups is 1. The molecular formula is C15H21N3O2. The smallest absolute Gasteiger partial charge is 0.310 e. The Balaban J connectivity index is 1.94. The molecule has 2 saturated carbocycles. The van der Waals surface area contributed by atoms with Crippen LogP contribution in [-0.2, 0) is 0 Å². The molecule has 108 valence electrons. The van der Waals surface area contributed by atoms with Crippen molar-refractivity contribution in [3.63, 3.8) is 0 Å². The number of nitrogens with zero attached hydrogens (tertiary/aromatic N) is 2. The van der Waals surface area contributed by atoms with E-state index in [0.717, 1.165) is 0 Å². The normalized spacial score (nSPS) is 34.1. The molecule has 2 bridgehead atoms. The molecule has 1 aromatic rings. The van der Waals surface area contributed by atoms with E-state index in [1.165, 1.54) is 25.5 Å². The van der Waals surface area contributed by atoms with Crippen molar-refractivity contribution in [1.82, 2.24) is 4.98 Å². The van der Waals surface area contributed by atoms with Crippen molar-refractivity contribution in [1.29, 1.82) is 0 Å². The summed E-state index contributed by atoms with van der Waals surface area (Å²) in [6.07, 6.45) is 6.64. The number of nitrogens with one attached hydrogen (secondary N) is 1. The molecule has 1 heterocycles. The van der Waals surface area contributed by atoms with Crippen LogP contribution in [0.2, 0.25) is 0 Å². The molecule has 3 unspecified atom stereocenters. The monoisotopic (exact) mass is 275 g/mol. The van der Waals surface area contributed by atoms with E-state index in [0.29, 0.717) is 11.6 Å². The van der Waals surface area contributed by atoms with Crippen molar-refractivity contribution < 1.29 is 4.92 Å². The second-order valence-electron chi connectivity index (χ2n) is 7.14. The van der Waals surface area contributed by atoms with Crippen molar-refractivity contribution >= 4 is 11.4 Å². The quantitative estimate of drug-likeness (QED) is 0.675. The fourth-order valence-electron chi connectivity index (χ4n) is 4.47. The van der Waals surface area contributed by atoms with Crippen LogP contribution < -0.4 is 5.32 Å². The van der Waals surface area contributed by atoms with Crippen molar-refractivity contribution in [2.24, 2.45) is 16.7 Å². The van der Waals surface area contributed by atoms with Crippen LogP contribution in [-0.4, -0.2) is 15.9 Å². The third kappa shape index (κ3) is 1.79. The molecule has 0 saturated heterocycles. The Morgan fingerprint density at radius 1 is 1.45 bits per heavy atom. The van der Waals surface area contributed by atoms with Gasteiger partial charge in [-0.3, -0.25) is 15.1 Å². The lowest BCUT2D eigenvalue weighted by atomic mass is 9.68. The lowest BCUT2D eigenvalue weighted by Gasteiger charge is -2.43. The highest BCUT2D eigenvalue weighted by atomic mass is 16.6. The minimum absolute atomic E-state index is 0.0645. The van der Waals surface area contributed by atoms with Gasteiger partial charge in [-0.1, -0.05) is 20.8 Å². The van der Waals surface area contributed by atoms with Gasteiger partial charge in [-0.15, -0.1) is 0 Å². The summed E-state index contributed by atoms with van der Waals surface area (Å²) in [6, 6.07) is 1.98. The molecule has 2 aliphatic rings. The van der Waals surface area contributed by atoms with Crippen LogP contribution in [0.4, 0.5) is 11.4 Å². The lowest BCUT2D eigenvalue weighted by Crippen LogP contribution is -2.45. The summed E-state index contributed by atoms with van der Waals surface area (Å²) in [5.74, 6) is 0.714. The SMILES string of the molecule is CC12CCC(C1)C(C)(C)C2Nc1ccncc1[N+](=O)[O-]. The molecule has 1 aromatic heterocycles. The Bertz CT molecular complexity index is 553. The van der Waals surface area contributed by atoms with Crippen LogP contribution in [0.15, 0.2) is 18.5 Å². The Labute approximate surface area is 118 Å². The van der Waals surface area contributed by atoms with Gasteiger partial charge in [0.15, 0.2) is 0 Å². The van der Waals surface area contributed by atoms with Crippen molar-refractivity contribution in [2.45, 2.75) is 46.1 Å². The minimum Gasteiger partial charge on any atom is -0.376 e. The van der Waals surface area contributed by atoms with Gasteiger partial charge < -0.3 is 5.32 Å². The van der Waals surface area contributed by atoms with Gasteiger partial charge in [0.2, 0.25) is 0 Å². The maximum atomic E-state index is 11.1. The zero-order valence-electron chi connectivity index (χ0n) is 12.2. The van der Waals surface area contributed by atoms with Gasteiger partial charge in [-0.25, -0.2) is 0 Å². The zero-order chi connectivity index (χ0) is 14.5. The Morgan fingerprint density at radius 2 is 2.20 bits per heavy atom. The summed E-state index contributed by atoms with van der Waals surface area (Å²) in [7, 11) is 0. The minimum atomic E-state index is -0.363. The topological polar surface area (TPSA) is 68.1 Å². The Morgan fingerprint density at radius 3 is 2.80 bits per heavy atom. The summed E-state index contributed by atoms with van der Waals surface area (Å²) >= 11 is 0. The molecule has 0 radical (unpaired) electrons. The van der Waals surface area contributed by atoms with Crippen molar-refractivity contribution in [3.8, 4) is 0 Å². The summed E-state index contributed by atoms with van der Waals surface area (Å²) < 4.78 is 0. The van der Waals surface area contributed by atoms with Crippen LogP contribution in [0.25, 0.3) is 0 Å².